The van der Waals surface area contributed by atoms with Crippen LogP contribution < -0.4 is 0 Å². The topological polar surface area (TPSA) is 116 Å². The smallest absolute Gasteiger partial charge is 0.323 e. The van der Waals surface area contributed by atoms with Crippen molar-refractivity contribution in [3.05, 3.63) is 117 Å². The van der Waals surface area contributed by atoms with Crippen LogP contribution in [-0.4, -0.2) is 46.3 Å². The highest BCUT2D eigenvalue weighted by Crippen LogP contribution is 2.67. The van der Waals surface area contributed by atoms with E-state index in [4.69, 9.17) is 9.47 Å². The Morgan fingerprint density at radius 1 is 0.953 bits per heavy atom. The van der Waals surface area contributed by atoms with Gasteiger partial charge in [0.1, 0.15) is 5.54 Å². The number of non-ortho nitro benzene ring substituents is 1. The highest BCUT2D eigenvalue weighted by atomic mass is 16.6. The first kappa shape index (κ1) is 28.5. The number of carbonyl (C=O) groups is 3. The molecule has 3 atom stereocenters. The average Bonchev–Trinajstić information content (AvgIpc) is 3.49. The molecule has 2 bridgehead atoms. The Bertz CT molecular complexity index is 1650. The van der Waals surface area contributed by atoms with E-state index in [0.29, 0.717) is 11.1 Å². The molecule has 6 rings (SSSR count). The third-order valence-electron chi connectivity index (χ3n) is 9.15. The summed E-state index contributed by atoms with van der Waals surface area (Å²) in [6.45, 7) is 5.46. The van der Waals surface area contributed by atoms with Gasteiger partial charge < -0.3 is 9.47 Å². The molecule has 3 aromatic rings. The van der Waals surface area contributed by atoms with Crippen LogP contribution in [0.1, 0.15) is 72.7 Å². The van der Waals surface area contributed by atoms with Gasteiger partial charge in [-0.25, -0.2) is 0 Å². The molecule has 3 aromatic carbocycles. The van der Waals surface area contributed by atoms with E-state index in [0.717, 1.165) is 22.3 Å². The Balaban J connectivity index is 1.64. The number of ether oxygens (including phenoxy) is 2. The Labute approximate surface area is 249 Å². The standard InChI is InChI=1S/C34H32N2O7/c1-4-42-31(38)33(32(39)43-5-2)19-27-28(23-11-7-6-8-12-23)29-25-13-9-10-14-26(25)30(37)34(27,20-33)35(29)21(3)22-15-17-24(18-16-22)36(40)41/h6-18,21,29H,4-5,19-20H2,1-3H3/t21-,29+,34+/m0/s1. The van der Waals surface area contributed by atoms with Crippen molar-refractivity contribution in [2.75, 3.05) is 13.2 Å². The van der Waals surface area contributed by atoms with E-state index < -0.39 is 33.9 Å². The van der Waals surface area contributed by atoms with Gasteiger partial charge >= 0.3 is 11.9 Å². The second kappa shape index (κ2) is 10.6. The second-order valence-corrected chi connectivity index (χ2v) is 11.2. The highest BCUT2D eigenvalue weighted by Gasteiger charge is 2.72. The molecule has 0 radical (unpaired) electrons. The number of Topliss-reactive ketones (excluding diaryl/α,β-unsaturated/α-hetero) is 1. The molecule has 220 valence electrons. The zero-order valence-electron chi connectivity index (χ0n) is 24.2. The van der Waals surface area contributed by atoms with Gasteiger partial charge in [-0.1, -0.05) is 66.7 Å². The lowest BCUT2D eigenvalue weighted by atomic mass is 9.75. The van der Waals surface area contributed by atoms with E-state index in [2.05, 4.69) is 4.90 Å². The molecule has 9 heteroatoms. The number of fused-ring (bicyclic) bond motifs is 3. The lowest BCUT2D eigenvalue weighted by Crippen LogP contribution is -2.57. The maximum atomic E-state index is 14.9. The second-order valence-electron chi connectivity index (χ2n) is 11.2. The van der Waals surface area contributed by atoms with Crippen LogP contribution in [0.3, 0.4) is 0 Å². The van der Waals surface area contributed by atoms with Crippen molar-refractivity contribution in [1.29, 1.82) is 0 Å². The van der Waals surface area contributed by atoms with Gasteiger partial charge in [0.25, 0.3) is 5.69 Å². The van der Waals surface area contributed by atoms with E-state index >= 15 is 0 Å². The molecule has 2 aliphatic heterocycles. The SMILES string of the molecule is CCOC(=O)C1(C(=O)OCC)CC2=C(c3ccccc3)[C@H]3c4ccccc4C(=O)[C@]2(C1)N3[C@@H](C)c1ccc([N+](=O)[O-])cc1. The Hall–Kier alpha value is -4.63. The summed E-state index contributed by atoms with van der Waals surface area (Å²) in [5.41, 5.74) is 1.51. The molecule has 0 amide bonds. The summed E-state index contributed by atoms with van der Waals surface area (Å²) in [4.78, 5) is 55.5. The highest BCUT2D eigenvalue weighted by molar-refractivity contribution is 6.15. The molecule has 0 saturated heterocycles. The van der Waals surface area contributed by atoms with Crippen LogP contribution in [0.4, 0.5) is 5.69 Å². The van der Waals surface area contributed by atoms with Crippen LogP contribution in [0, 0.1) is 15.5 Å². The first-order valence-corrected chi connectivity index (χ1v) is 14.5. The molecule has 9 nitrogen and oxygen atoms in total. The van der Waals surface area contributed by atoms with E-state index in [1.807, 2.05) is 55.5 Å². The van der Waals surface area contributed by atoms with Crippen molar-refractivity contribution in [2.45, 2.75) is 51.2 Å². The summed E-state index contributed by atoms with van der Waals surface area (Å²) in [6.07, 6.45) is -0.154. The monoisotopic (exact) mass is 580 g/mol. The molecule has 0 unspecified atom stereocenters. The van der Waals surface area contributed by atoms with Crippen molar-refractivity contribution in [2.24, 2.45) is 5.41 Å². The van der Waals surface area contributed by atoms with E-state index in [-0.39, 0.29) is 43.6 Å². The van der Waals surface area contributed by atoms with E-state index in [9.17, 15) is 24.5 Å². The van der Waals surface area contributed by atoms with Crippen molar-refractivity contribution in [3.63, 3.8) is 0 Å². The summed E-state index contributed by atoms with van der Waals surface area (Å²) in [7, 11) is 0. The first-order chi connectivity index (χ1) is 20.7. The molecule has 1 spiro atoms. The van der Waals surface area contributed by atoms with Crippen LogP contribution >= 0.6 is 0 Å². The molecule has 1 fully saturated rings. The molecular weight excluding hydrogens is 548 g/mol. The minimum Gasteiger partial charge on any atom is -0.465 e. The number of ketones is 1. The number of benzene rings is 3. The molecule has 2 heterocycles. The molecule has 3 aliphatic rings. The van der Waals surface area contributed by atoms with Crippen LogP contribution in [0.15, 0.2) is 84.4 Å². The normalized spacial score (nSPS) is 22.5. The van der Waals surface area contributed by atoms with Crippen molar-refractivity contribution < 1.29 is 28.8 Å². The minimum atomic E-state index is -1.72. The fraction of sp³-hybridized carbons (Fsp3) is 0.324. The first-order valence-electron chi connectivity index (χ1n) is 14.5. The number of rotatable bonds is 8. The van der Waals surface area contributed by atoms with Crippen molar-refractivity contribution >= 4 is 29.0 Å². The number of nitro benzene ring substituents is 1. The van der Waals surface area contributed by atoms with E-state index in [1.165, 1.54) is 12.1 Å². The van der Waals surface area contributed by atoms with Gasteiger partial charge in [0.2, 0.25) is 0 Å². The van der Waals surface area contributed by atoms with Gasteiger partial charge in [-0.3, -0.25) is 29.4 Å². The van der Waals surface area contributed by atoms with E-state index in [1.54, 1.807) is 32.0 Å². The number of carbonyl (C=O) groups excluding carboxylic acids is 3. The fourth-order valence-corrected chi connectivity index (χ4v) is 7.40. The van der Waals surface area contributed by atoms with Crippen LogP contribution in [-0.2, 0) is 19.1 Å². The van der Waals surface area contributed by atoms with Gasteiger partial charge in [0, 0.05) is 30.2 Å². The number of hydrogen-bond acceptors (Lipinski definition) is 8. The summed E-state index contributed by atoms with van der Waals surface area (Å²) in [6, 6.07) is 22.7. The quantitative estimate of drug-likeness (QED) is 0.138. The predicted molar refractivity (Wildman–Crippen MR) is 158 cm³/mol. The molecular formula is C34H32N2O7. The minimum absolute atomic E-state index is 0.0192. The molecule has 0 N–H and O–H groups in total. The number of nitro groups is 1. The van der Waals surface area contributed by atoms with Crippen LogP contribution in [0.25, 0.3) is 5.57 Å². The Kier molecular flexibility index (Phi) is 7.01. The van der Waals surface area contributed by atoms with Crippen molar-refractivity contribution in [3.8, 4) is 0 Å². The average molecular weight is 581 g/mol. The molecule has 43 heavy (non-hydrogen) atoms. The lowest BCUT2D eigenvalue weighted by molar-refractivity contribution is -0.384. The van der Waals surface area contributed by atoms with Crippen LogP contribution in [0.5, 0.6) is 0 Å². The maximum Gasteiger partial charge on any atom is 0.323 e. The predicted octanol–water partition coefficient (Wildman–Crippen LogP) is 6.01. The van der Waals surface area contributed by atoms with Gasteiger partial charge in [0.15, 0.2) is 11.2 Å². The molecule has 1 aliphatic carbocycles. The summed E-state index contributed by atoms with van der Waals surface area (Å²) in [5, 5.41) is 11.4. The van der Waals surface area contributed by atoms with Crippen molar-refractivity contribution in [1.82, 2.24) is 4.90 Å². The summed E-state index contributed by atoms with van der Waals surface area (Å²) >= 11 is 0. The van der Waals surface area contributed by atoms with Gasteiger partial charge in [-0.15, -0.1) is 0 Å². The number of nitrogens with zero attached hydrogens (tertiary/aromatic N) is 2. The van der Waals surface area contributed by atoms with Gasteiger partial charge in [-0.2, -0.15) is 0 Å². The largest absolute Gasteiger partial charge is 0.465 e. The Morgan fingerprint density at radius 2 is 1.56 bits per heavy atom. The summed E-state index contributed by atoms with van der Waals surface area (Å²) < 4.78 is 11.0. The molecule has 0 aromatic heterocycles. The zero-order chi connectivity index (χ0) is 30.5. The fourth-order valence-electron chi connectivity index (χ4n) is 7.40. The van der Waals surface area contributed by atoms with Gasteiger partial charge in [0.05, 0.1) is 24.2 Å². The molecule has 1 saturated carbocycles. The third kappa shape index (κ3) is 4.06. The maximum absolute atomic E-state index is 14.9. The van der Waals surface area contributed by atoms with Gasteiger partial charge in [-0.05, 0) is 55.0 Å². The third-order valence-corrected chi connectivity index (χ3v) is 9.15. The number of hydrogen-bond donors (Lipinski definition) is 0. The number of esters is 2. The zero-order valence-corrected chi connectivity index (χ0v) is 24.2. The van der Waals surface area contributed by atoms with Crippen LogP contribution in [0.2, 0.25) is 0 Å². The summed E-state index contributed by atoms with van der Waals surface area (Å²) in [5.74, 6) is -1.60. The Morgan fingerprint density at radius 3 is 2.16 bits per heavy atom. The lowest BCUT2D eigenvalue weighted by Gasteiger charge is -2.48.